The number of unbranched alkanes of at least 4 members (excludes halogenated alkanes) is 29. The van der Waals surface area contributed by atoms with E-state index in [1.54, 1.807) is 0 Å². The summed E-state index contributed by atoms with van der Waals surface area (Å²) in [6, 6.07) is 0. The van der Waals surface area contributed by atoms with E-state index in [0.717, 1.165) is 75.5 Å². The van der Waals surface area contributed by atoms with E-state index in [9.17, 15) is 14.4 Å². The minimum absolute atomic E-state index is 0.0647. The maximum Gasteiger partial charge on any atom is 0.306 e. The first-order chi connectivity index (χ1) is 28.6. The van der Waals surface area contributed by atoms with Crippen LogP contribution in [0.15, 0.2) is 0 Å². The third-order valence-corrected chi connectivity index (χ3v) is 11.9. The molecule has 350 valence electrons. The quantitative estimate of drug-likeness (QED) is 0.0345. The summed E-state index contributed by atoms with van der Waals surface area (Å²) >= 11 is 0. The summed E-state index contributed by atoms with van der Waals surface area (Å²) in [5, 5.41) is 0. The van der Waals surface area contributed by atoms with Gasteiger partial charge in [-0.25, -0.2) is 0 Å². The summed E-state index contributed by atoms with van der Waals surface area (Å²) in [5.41, 5.74) is 0. The van der Waals surface area contributed by atoms with Crippen LogP contribution in [0.3, 0.4) is 0 Å². The van der Waals surface area contributed by atoms with Crippen molar-refractivity contribution in [1.29, 1.82) is 0 Å². The Labute approximate surface area is 368 Å². The lowest BCUT2D eigenvalue weighted by atomic mass is 10.0. The second kappa shape index (κ2) is 44.5. The van der Waals surface area contributed by atoms with Gasteiger partial charge in [0.2, 0.25) is 0 Å². The van der Waals surface area contributed by atoms with Crippen molar-refractivity contribution < 1.29 is 28.6 Å². The van der Waals surface area contributed by atoms with Gasteiger partial charge < -0.3 is 14.2 Å². The molecule has 0 radical (unpaired) electrons. The number of esters is 3. The molecule has 0 aromatic carbocycles. The smallest absolute Gasteiger partial charge is 0.306 e. The molecule has 0 unspecified atom stereocenters. The molecule has 0 aliphatic carbocycles. The molecular formula is C53H102O6. The predicted octanol–water partition coefficient (Wildman–Crippen LogP) is 16.8. The molecule has 0 N–H and O–H groups in total. The molecule has 59 heavy (non-hydrogen) atoms. The summed E-state index contributed by atoms with van der Waals surface area (Å²) in [6.45, 7) is 13.7. The molecule has 0 saturated heterocycles. The second-order valence-corrected chi connectivity index (χ2v) is 19.6. The Kier molecular flexibility index (Phi) is 43.3. The molecule has 0 spiro atoms. The van der Waals surface area contributed by atoms with Crippen LogP contribution in [0.2, 0.25) is 0 Å². The van der Waals surface area contributed by atoms with Crippen molar-refractivity contribution in [2.45, 2.75) is 292 Å². The Bertz CT molecular complexity index is 914. The molecule has 0 aromatic heterocycles. The molecule has 0 heterocycles. The van der Waals surface area contributed by atoms with Gasteiger partial charge in [-0.15, -0.1) is 0 Å². The second-order valence-electron chi connectivity index (χ2n) is 19.6. The number of ether oxygens (including phenoxy) is 3. The molecule has 0 bridgehead atoms. The average Bonchev–Trinajstić information content (AvgIpc) is 3.19. The number of hydrogen-bond donors (Lipinski definition) is 0. The summed E-state index contributed by atoms with van der Waals surface area (Å²) in [5.74, 6) is 1.61. The normalized spacial score (nSPS) is 12.2. The zero-order chi connectivity index (χ0) is 43.4. The maximum atomic E-state index is 12.8. The molecule has 0 amide bonds. The van der Waals surface area contributed by atoms with Crippen molar-refractivity contribution in [3.63, 3.8) is 0 Å². The van der Waals surface area contributed by atoms with Crippen LogP contribution in [0.4, 0.5) is 0 Å². The number of carbonyl (C=O) groups is 3. The van der Waals surface area contributed by atoms with Gasteiger partial charge in [-0.3, -0.25) is 14.4 Å². The number of carbonyl (C=O) groups excluding carboxylic acids is 3. The van der Waals surface area contributed by atoms with E-state index >= 15 is 0 Å². The fourth-order valence-electron chi connectivity index (χ4n) is 7.94. The standard InChI is InChI=1S/C53H102O6/c1-47(2)39-33-27-21-15-10-7-8-12-19-26-32-38-44-53(56)59-50(46-58-52(55)43-37-31-25-20-14-17-23-29-35-41-49(5)6)45-57-51(54)42-36-30-24-18-13-9-11-16-22-28-34-40-48(3)4/h47-50H,7-46H2,1-6H3/t50-/m0/s1. The highest BCUT2D eigenvalue weighted by atomic mass is 16.6. The molecule has 0 aliphatic rings. The van der Waals surface area contributed by atoms with Gasteiger partial charge in [-0.1, -0.05) is 247 Å². The van der Waals surface area contributed by atoms with Crippen LogP contribution >= 0.6 is 0 Å². The molecule has 6 nitrogen and oxygen atoms in total. The maximum absolute atomic E-state index is 12.8. The van der Waals surface area contributed by atoms with Crippen LogP contribution < -0.4 is 0 Å². The Hall–Kier alpha value is -1.59. The molecule has 0 fully saturated rings. The lowest BCUT2D eigenvalue weighted by Gasteiger charge is -2.18. The van der Waals surface area contributed by atoms with Crippen molar-refractivity contribution in [3.05, 3.63) is 0 Å². The Morgan fingerprint density at radius 1 is 0.288 bits per heavy atom. The summed E-state index contributed by atoms with van der Waals surface area (Å²) in [6.07, 6.45) is 43.7. The van der Waals surface area contributed by atoms with Crippen LogP contribution in [0.5, 0.6) is 0 Å². The van der Waals surface area contributed by atoms with Crippen molar-refractivity contribution in [2.24, 2.45) is 17.8 Å². The van der Waals surface area contributed by atoms with E-state index in [1.165, 1.54) is 167 Å². The van der Waals surface area contributed by atoms with Gasteiger partial charge in [-0.2, -0.15) is 0 Å². The van der Waals surface area contributed by atoms with E-state index < -0.39 is 6.10 Å². The van der Waals surface area contributed by atoms with Gasteiger partial charge in [0.15, 0.2) is 6.10 Å². The lowest BCUT2D eigenvalue weighted by molar-refractivity contribution is -0.167. The fourth-order valence-corrected chi connectivity index (χ4v) is 7.94. The topological polar surface area (TPSA) is 78.9 Å². The van der Waals surface area contributed by atoms with Crippen LogP contribution in [0.25, 0.3) is 0 Å². The van der Waals surface area contributed by atoms with Crippen LogP contribution in [-0.4, -0.2) is 37.2 Å². The third-order valence-electron chi connectivity index (χ3n) is 11.9. The number of hydrogen-bond acceptors (Lipinski definition) is 6. The predicted molar refractivity (Wildman–Crippen MR) is 252 cm³/mol. The minimum atomic E-state index is -0.763. The fraction of sp³-hybridized carbons (Fsp3) is 0.943. The zero-order valence-corrected chi connectivity index (χ0v) is 40.5. The first-order valence-corrected chi connectivity index (χ1v) is 26.1. The van der Waals surface area contributed by atoms with Crippen molar-refractivity contribution in [2.75, 3.05) is 13.2 Å². The Balaban J connectivity index is 4.32. The largest absolute Gasteiger partial charge is 0.462 e. The lowest BCUT2D eigenvalue weighted by Crippen LogP contribution is -2.30. The highest BCUT2D eigenvalue weighted by Crippen LogP contribution is 2.18. The van der Waals surface area contributed by atoms with Crippen molar-refractivity contribution in [1.82, 2.24) is 0 Å². The molecule has 0 aromatic rings. The SMILES string of the molecule is CC(C)CCCCCCCCCCCCCCC(=O)O[C@@H](COC(=O)CCCCCCCCCCCCCC(C)C)COC(=O)CCCCCCCCCCCC(C)C. The molecule has 1 atom stereocenters. The van der Waals surface area contributed by atoms with E-state index in [-0.39, 0.29) is 31.1 Å². The average molecular weight is 835 g/mol. The van der Waals surface area contributed by atoms with Crippen LogP contribution in [0, 0.1) is 17.8 Å². The first kappa shape index (κ1) is 57.4. The molecule has 6 heteroatoms. The van der Waals surface area contributed by atoms with Crippen LogP contribution in [-0.2, 0) is 28.6 Å². The van der Waals surface area contributed by atoms with E-state index in [2.05, 4.69) is 41.5 Å². The highest BCUT2D eigenvalue weighted by Gasteiger charge is 2.19. The van der Waals surface area contributed by atoms with E-state index in [0.29, 0.717) is 19.3 Å². The van der Waals surface area contributed by atoms with Gasteiger partial charge >= 0.3 is 17.9 Å². The van der Waals surface area contributed by atoms with E-state index in [1.807, 2.05) is 0 Å². The van der Waals surface area contributed by atoms with Crippen molar-refractivity contribution in [3.8, 4) is 0 Å². The van der Waals surface area contributed by atoms with Gasteiger partial charge in [0, 0.05) is 19.3 Å². The van der Waals surface area contributed by atoms with Crippen molar-refractivity contribution >= 4 is 17.9 Å². The van der Waals surface area contributed by atoms with Gasteiger partial charge in [0.1, 0.15) is 13.2 Å². The van der Waals surface area contributed by atoms with Gasteiger partial charge in [0.25, 0.3) is 0 Å². The number of rotatable bonds is 46. The monoisotopic (exact) mass is 835 g/mol. The van der Waals surface area contributed by atoms with Gasteiger partial charge in [-0.05, 0) is 37.0 Å². The zero-order valence-electron chi connectivity index (χ0n) is 40.5. The highest BCUT2D eigenvalue weighted by molar-refractivity contribution is 5.71. The van der Waals surface area contributed by atoms with Crippen LogP contribution in [0.1, 0.15) is 286 Å². The summed E-state index contributed by atoms with van der Waals surface area (Å²) < 4.78 is 16.8. The Morgan fingerprint density at radius 2 is 0.492 bits per heavy atom. The molecular weight excluding hydrogens is 733 g/mol. The first-order valence-electron chi connectivity index (χ1n) is 26.1. The molecule has 0 aliphatic heterocycles. The van der Waals surface area contributed by atoms with Gasteiger partial charge in [0.05, 0.1) is 0 Å². The molecule has 0 rings (SSSR count). The molecule has 0 saturated carbocycles. The minimum Gasteiger partial charge on any atom is -0.462 e. The summed E-state index contributed by atoms with van der Waals surface area (Å²) in [7, 11) is 0. The Morgan fingerprint density at radius 3 is 0.729 bits per heavy atom. The third kappa shape index (κ3) is 47.3. The summed E-state index contributed by atoms with van der Waals surface area (Å²) in [4.78, 5) is 38.0. The van der Waals surface area contributed by atoms with E-state index in [4.69, 9.17) is 14.2 Å².